The monoisotopic (exact) mass is 382 g/mol. The van der Waals surface area contributed by atoms with E-state index in [1.807, 2.05) is 27.8 Å². The maximum atomic E-state index is 13.0. The summed E-state index contributed by atoms with van der Waals surface area (Å²) in [5, 5.41) is 3.01. The highest BCUT2D eigenvalue weighted by Crippen LogP contribution is 2.22. The Balaban J connectivity index is 1.59. The molecule has 0 saturated heterocycles. The average Bonchev–Trinajstić information content (AvgIpc) is 3.07. The normalized spacial score (nSPS) is 12.0. The lowest BCUT2D eigenvalue weighted by Crippen LogP contribution is -3.08. The minimum atomic E-state index is -0.294. The van der Waals surface area contributed by atoms with Gasteiger partial charge in [0.2, 0.25) is 0 Å². The van der Waals surface area contributed by atoms with Crippen LogP contribution in [-0.4, -0.2) is 24.5 Å². The quantitative estimate of drug-likeness (QED) is 0.689. The summed E-state index contributed by atoms with van der Waals surface area (Å²) in [6, 6.07) is 10.2. The Kier molecular flexibility index (Phi) is 5.90. The van der Waals surface area contributed by atoms with E-state index in [4.69, 9.17) is 4.42 Å². The summed E-state index contributed by atoms with van der Waals surface area (Å²) in [5.41, 5.74) is 4.93. The first-order valence-corrected chi connectivity index (χ1v) is 9.21. The highest BCUT2D eigenvalue weighted by atomic mass is 19.1. The molecule has 1 atom stereocenters. The third-order valence-corrected chi connectivity index (χ3v) is 4.54. The number of hydrogen-bond acceptors (Lipinski definition) is 3. The van der Waals surface area contributed by atoms with E-state index >= 15 is 0 Å². The number of halogens is 1. The number of carbonyl (C=O) groups excluding carboxylic acids is 1. The fourth-order valence-electron chi connectivity index (χ4n) is 3.30. The third-order valence-electron chi connectivity index (χ3n) is 4.54. The summed E-state index contributed by atoms with van der Waals surface area (Å²) < 4.78 is 18.8. The fraction of sp³-hybridized carbons (Fsp3) is 0.273. The van der Waals surface area contributed by atoms with Crippen LogP contribution >= 0.6 is 0 Å². The number of quaternary nitrogens is 1. The Morgan fingerprint density at radius 3 is 2.43 bits per heavy atom. The van der Waals surface area contributed by atoms with Gasteiger partial charge in [0.25, 0.3) is 11.8 Å². The summed E-state index contributed by atoms with van der Waals surface area (Å²) in [6.07, 6.45) is 1.62. The molecule has 5 nitrogen and oxygen atoms in total. The SMILES string of the molecule is Cc1cc(C)c(NC(=O)C[NH+](C)Cc2ncc(-c3ccc(F)cc3)o2)c(C)c1. The highest BCUT2D eigenvalue weighted by molar-refractivity contribution is 5.93. The van der Waals surface area contributed by atoms with Crippen LogP contribution in [0.15, 0.2) is 47.0 Å². The molecule has 1 heterocycles. The first-order chi connectivity index (χ1) is 13.3. The smallest absolute Gasteiger partial charge is 0.279 e. The van der Waals surface area contributed by atoms with Gasteiger partial charge in [-0.05, 0) is 56.2 Å². The van der Waals surface area contributed by atoms with Gasteiger partial charge in [-0.1, -0.05) is 17.7 Å². The van der Waals surface area contributed by atoms with Gasteiger partial charge >= 0.3 is 0 Å². The van der Waals surface area contributed by atoms with Crippen LogP contribution in [0.3, 0.4) is 0 Å². The number of nitrogens with zero attached hydrogens (tertiary/aromatic N) is 1. The lowest BCUT2D eigenvalue weighted by molar-refractivity contribution is -0.886. The second-order valence-corrected chi connectivity index (χ2v) is 7.26. The molecule has 2 N–H and O–H groups in total. The molecule has 0 aliphatic heterocycles. The topological polar surface area (TPSA) is 59.6 Å². The molecule has 3 rings (SSSR count). The number of carbonyl (C=O) groups is 1. The van der Waals surface area contributed by atoms with Crippen LogP contribution < -0.4 is 10.2 Å². The van der Waals surface area contributed by atoms with Gasteiger partial charge in [0, 0.05) is 11.3 Å². The van der Waals surface area contributed by atoms with Crippen molar-refractivity contribution in [3.63, 3.8) is 0 Å². The molecule has 1 aromatic heterocycles. The van der Waals surface area contributed by atoms with Gasteiger partial charge in [0.15, 0.2) is 18.8 Å². The summed E-state index contributed by atoms with van der Waals surface area (Å²) >= 11 is 0. The molecule has 2 aromatic carbocycles. The van der Waals surface area contributed by atoms with Gasteiger partial charge in [-0.25, -0.2) is 9.37 Å². The molecule has 3 aromatic rings. The van der Waals surface area contributed by atoms with Crippen molar-refractivity contribution < 1.29 is 18.5 Å². The van der Waals surface area contributed by atoms with E-state index in [1.54, 1.807) is 18.3 Å². The van der Waals surface area contributed by atoms with E-state index in [0.29, 0.717) is 24.7 Å². The third kappa shape index (κ3) is 4.84. The van der Waals surface area contributed by atoms with Crippen molar-refractivity contribution >= 4 is 11.6 Å². The number of aryl methyl sites for hydroxylation is 3. The molecule has 0 fully saturated rings. The molecule has 0 saturated carbocycles. The van der Waals surface area contributed by atoms with E-state index in [9.17, 15) is 9.18 Å². The average molecular weight is 382 g/mol. The molecular weight excluding hydrogens is 357 g/mol. The molecule has 0 radical (unpaired) electrons. The van der Waals surface area contributed by atoms with E-state index in [2.05, 4.69) is 22.4 Å². The number of benzene rings is 2. The number of rotatable bonds is 6. The zero-order valence-corrected chi connectivity index (χ0v) is 16.6. The molecule has 1 amide bonds. The number of likely N-dealkylation sites (N-methyl/N-ethyl adjacent to an activating group) is 1. The van der Waals surface area contributed by atoms with Crippen molar-refractivity contribution in [2.75, 3.05) is 18.9 Å². The largest absolute Gasteiger partial charge is 0.435 e. The minimum Gasteiger partial charge on any atom is -0.435 e. The van der Waals surface area contributed by atoms with E-state index in [1.165, 1.54) is 17.7 Å². The van der Waals surface area contributed by atoms with Crippen LogP contribution in [0.5, 0.6) is 0 Å². The molecule has 0 aliphatic carbocycles. The molecule has 146 valence electrons. The fourth-order valence-corrected chi connectivity index (χ4v) is 3.30. The molecule has 1 unspecified atom stereocenters. The maximum absolute atomic E-state index is 13.0. The molecule has 6 heteroatoms. The lowest BCUT2D eigenvalue weighted by atomic mass is 10.1. The summed E-state index contributed by atoms with van der Waals surface area (Å²) in [4.78, 5) is 17.7. The number of nitrogens with one attached hydrogen (secondary N) is 2. The van der Waals surface area contributed by atoms with Crippen molar-refractivity contribution in [1.29, 1.82) is 0 Å². The van der Waals surface area contributed by atoms with Gasteiger partial charge in [-0.3, -0.25) is 4.79 Å². The van der Waals surface area contributed by atoms with Crippen LogP contribution in [0, 0.1) is 26.6 Å². The van der Waals surface area contributed by atoms with Crippen molar-refractivity contribution in [3.05, 3.63) is 71.0 Å². The van der Waals surface area contributed by atoms with Gasteiger partial charge in [0.1, 0.15) is 5.82 Å². The standard InChI is InChI=1S/C22H24FN3O2/c1-14-9-15(2)22(16(3)10-14)25-20(27)12-26(4)13-21-24-11-19(28-21)17-5-7-18(23)8-6-17/h5-11H,12-13H2,1-4H3,(H,25,27)/p+1. The zero-order valence-electron chi connectivity index (χ0n) is 16.6. The second kappa shape index (κ2) is 8.35. The van der Waals surface area contributed by atoms with Crippen LogP contribution in [0.2, 0.25) is 0 Å². The lowest BCUT2D eigenvalue weighted by Gasteiger charge is -2.15. The first kappa shape index (κ1) is 19.8. The predicted molar refractivity (Wildman–Crippen MR) is 107 cm³/mol. The molecule has 0 spiro atoms. The number of amides is 1. The second-order valence-electron chi connectivity index (χ2n) is 7.26. The highest BCUT2D eigenvalue weighted by Gasteiger charge is 2.16. The maximum Gasteiger partial charge on any atom is 0.279 e. The Morgan fingerprint density at radius 1 is 1.14 bits per heavy atom. The predicted octanol–water partition coefficient (Wildman–Crippen LogP) is 3.06. The summed E-state index contributed by atoms with van der Waals surface area (Å²) in [6.45, 7) is 6.80. The molecule has 28 heavy (non-hydrogen) atoms. The number of aromatic nitrogens is 1. The Bertz CT molecular complexity index is 957. The van der Waals surface area contributed by atoms with Crippen LogP contribution in [0.1, 0.15) is 22.6 Å². The van der Waals surface area contributed by atoms with Crippen LogP contribution in [0.25, 0.3) is 11.3 Å². The Morgan fingerprint density at radius 2 is 1.79 bits per heavy atom. The van der Waals surface area contributed by atoms with Crippen molar-refractivity contribution in [3.8, 4) is 11.3 Å². The molecular formula is C22H25FN3O2+. The van der Waals surface area contributed by atoms with Gasteiger partial charge in [-0.2, -0.15) is 0 Å². The van der Waals surface area contributed by atoms with E-state index in [0.717, 1.165) is 27.3 Å². The first-order valence-electron chi connectivity index (χ1n) is 9.21. The molecule has 0 bridgehead atoms. The number of hydrogen-bond donors (Lipinski definition) is 2. The minimum absolute atomic E-state index is 0.0575. The van der Waals surface area contributed by atoms with Crippen molar-refractivity contribution in [2.24, 2.45) is 0 Å². The van der Waals surface area contributed by atoms with E-state index < -0.39 is 0 Å². The Hall–Kier alpha value is -2.99. The van der Waals surface area contributed by atoms with Crippen LogP contribution in [0.4, 0.5) is 10.1 Å². The van der Waals surface area contributed by atoms with Crippen molar-refractivity contribution in [1.82, 2.24) is 4.98 Å². The molecule has 0 aliphatic rings. The zero-order chi connectivity index (χ0) is 20.3. The van der Waals surface area contributed by atoms with Crippen molar-refractivity contribution in [2.45, 2.75) is 27.3 Å². The number of anilines is 1. The Labute approximate surface area is 164 Å². The number of oxazole rings is 1. The summed E-state index contributed by atoms with van der Waals surface area (Å²) in [5.74, 6) is 0.765. The van der Waals surface area contributed by atoms with Gasteiger partial charge in [0.05, 0.1) is 13.2 Å². The van der Waals surface area contributed by atoms with E-state index in [-0.39, 0.29) is 11.7 Å². The summed E-state index contributed by atoms with van der Waals surface area (Å²) in [7, 11) is 1.91. The van der Waals surface area contributed by atoms with Gasteiger partial charge in [-0.15, -0.1) is 0 Å². The van der Waals surface area contributed by atoms with Crippen LogP contribution in [-0.2, 0) is 11.3 Å². The van der Waals surface area contributed by atoms with Gasteiger partial charge < -0.3 is 14.6 Å².